The van der Waals surface area contributed by atoms with Gasteiger partial charge in [0.2, 0.25) is 0 Å². The Morgan fingerprint density at radius 3 is 2.50 bits per heavy atom. The average Bonchev–Trinajstić information content (AvgIpc) is 2.31. The van der Waals surface area contributed by atoms with E-state index in [0.717, 1.165) is 17.8 Å². The van der Waals surface area contributed by atoms with Crippen molar-refractivity contribution in [3.05, 3.63) is 47.5 Å². The second-order valence-electron chi connectivity index (χ2n) is 4.41. The summed E-state index contributed by atoms with van der Waals surface area (Å²) in [5.74, 6) is -0.705. The topological polar surface area (TPSA) is 85.1 Å². The lowest BCUT2D eigenvalue weighted by atomic mass is 10.3. The van der Waals surface area contributed by atoms with Gasteiger partial charge >= 0.3 is 0 Å². The maximum atomic E-state index is 13.2. The van der Waals surface area contributed by atoms with Crippen molar-refractivity contribution in [1.29, 1.82) is 0 Å². The van der Waals surface area contributed by atoms with Crippen LogP contribution < -0.4 is 10.5 Å². The van der Waals surface area contributed by atoms with Crippen LogP contribution >= 0.6 is 0 Å². The van der Waals surface area contributed by atoms with Crippen LogP contribution in [0.25, 0.3) is 0 Å². The number of nitrogens with zero attached hydrogens (tertiary/aromatic N) is 1. The Balaban J connectivity index is 2.40. The summed E-state index contributed by atoms with van der Waals surface area (Å²) in [4.78, 5) is 3.93. The summed E-state index contributed by atoms with van der Waals surface area (Å²) in [6, 6.07) is 6.46. The molecule has 0 spiro atoms. The summed E-state index contributed by atoms with van der Waals surface area (Å²) >= 11 is 0. The van der Waals surface area contributed by atoms with Crippen LogP contribution in [0.3, 0.4) is 0 Å². The minimum atomic E-state index is -3.90. The molecule has 7 heteroatoms. The lowest BCUT2D eigenvalue weighted by molar-refractivity contribution is 0.595. The zero-order chi connectivity index (χ0) is 14.9. The second kappa shape index (κ2) is 5.09. The van der Waals surface area contributed by atoms with E-state index in [2.05, 4.69) is 9.71 Å². The van der Waals surface area contributed by atoms with Crippen LogP contribution in [0.4, 0.5) is 15.8 Å². The van der Waals surface area contributed by atoms with Crippen LogP contribution in [0.15, 0.2) is 35.2 Å². The van der Waals surface area contributed by atoms with Crippen molar-refractivity contribution < 1.29 is 12.8 Å². The fourth-order valence-corrected chi connectivity index (χ4v) is 2.92. The van der Waals surface area contributed by atoms with E-state index in [4.69, 9.17) is 5.73 Å². The molecule has 0 aliphatic carbocycles. The van der Waals surface area contributed by atoms with Gasteiger partial charge in [0.05, 0.1) is 16.3 Å². The van der Waals surface area contributed by atoms with Crippen LogP contribution in [0.2, 0.25) is 0 Å². The molecule has 5 nitrogen and oxygen atoms in total. The van der Waals surface area contributed by atoms with Crippen LogP contribution in [0, 0.1) is 19.7 Å². The van der Waals surface area contributed by atoms with E-state index in [9.17, 15) is 12.8 Å². The third kappa shape index (κ3) is 3.05. The molecule has 20 heavy (non-hydrogen) atoms. The van der Waals surface area contributed by atoms with Gasteiger partial charge < -0.3 is 5.73 Å². The Hall–Kier alpha value is -2.15. The number of halogens is 1. The monoisotopic (exact) mass is 295 g/mol. The molecule has 0 bridgehead atoms. The van der Waals surface area contributed by atoms with Gasteiger partial charge in [0.25, 0.3) is 10.0 Å². The molecule has 0 saturated carbocycles. The molecular weight excluding hydrogens is 281 g/mol. The lowest BCUT2D eigenvalue weighted by Crippen LogP contribution is -2.15. The highest BCUT2D eigenvalue weighted by molar-refractivity contribution is 7.92. The van der Waals surface area contributed by atoms with Crippen molar-refractivity contribution in [3.8, 4) is 0 Å². The first-order chi connectivity index (χ1) is 9.28. The van der Waals surface area contributed by atoms with Crippen molar-refractivity contribution in [2.24, 2.45) is 0 Å². The molecule has 0 amide bonds. The highest BCUT2D eigenvalue weighted by Crippen LogP contribution is 2.21. The highest BCUT2D eigenvalue weighted by Gasteiger charge is 2.17. The first kappa shape index (κ1) is 14.3. The molecule has 0 fully saturated rings. The maximum Gasteiger partial charge on any atom is 0.262 e. The molecule has 2 rings (SSSR count). The number of pyridine rings is 1. The third-order valence-electron chi connectivity index (χ3n) is 2.67. The number of nitrogens with two attached hydrogens (primary N) is 1. The summed E-state index contributed by atoms with van der Waals surface area (Å²) in [6.07, 6.45) is 0. The second-order valence-corrected chi connectivity index (χ2v) is 6.09. The third-order valence-corrected chi connectivity index (χ3v) is 4.02. The van der Waals surface area contributed by atoms with E-state index >= 15 is 0 Å². The normalized spacial score (nSPS) is 11.3. The van der Waals surface area contributed by atoms with Gasteiger partial charge in [-0.05, 0) is 44.2 Å². The quantitative estimate of drug-likeness (QED) is 0.850. The number of aromatic nitrogens is 1. The summed E-state index contributed by atoms with van der Waals surface area (Å²) in [5, 5.41) is 0. The molecule has 0 aliphatic heterocycles. The Bertz CT molecular complexity index is 740. The van der Waals surface area contributed by atoms with Gasteiger partial charge in [0, 0.05) is 11.4 Å². The number of nitrogen functional groups attached to an aromatic ring is 1. The average molecular weight is 295 g/mol. The summed E-state index contributed by atoms with van der Waals surface area (Å²) in [5.41, 5.74) is 7.16. The summed E-state index contributed by atoms with van der Waals surface area (Å²) in [6.45, 7) is 3.49. The van der Waals surface area contributed by atoms with Gasteiger partial charge in [0.15, 0.2) is 0 Å². The predicted molar refractivity (Wildman–Crippen MR) is 75.3 cm³/mol. The first-order valence-electron chi connectivity index (χ1n) is 5.81. The number of hydrogen-bond donors (Lipinski definition) is 2. The molecule has 2 aromatic rings. The fraction of sp³-hybridized carbons (Fsp3) is 0.154. The van der Waals surface area contributed by atoms with Crippen molar-refractivity contribution in [2.75, 3.05) is 10.5 Å². The van der Waals surface area contributed by atoms with E-state index in [1.807, 2.05) is 0 Å². The zero-order valence-electron chi connectivity index (χ0n) is 11.0. The molecule has 3 N–H and O–H groups in total. The standard InChI is InChI=1S/C13H14FN3O2S/c1-8-3-4-13(9(2)16-8)17-20(18,19)12-6-10(14)5-11(15)7-12/h3-7,17H,15H2,1-2H3. The zero-order valence-corrected chi connectivity index (χ0v) is 11.8. The van der Waals surface area contributed by atoms with Crippen LogP contribution in [0.1, 0.15) is 11.4 Å². The highest BCUT2D eigenvalue weighted by atomic mass is 32.2. The molecule has 0 unspecified atom stereocenters. The Morgan fingerprint density at radius 1 is 1.20 bits per heavy atom. The molecule has 0 atom stereocenters. The van der Waals surface area contributed by atoms with E-state index in [-0.39, 0.29) is 10.6 Å². The lowest BCUT2D eigenvalue weighted by Gasteiger charge is -2.11. The van der Waals surface area contributed by atoms with Gasteiger partial charge in [-0.3, -0.25) is 9.71 Å². The largest absolute Gasteiger partial charge is 0.399 e. The molecule has 1 heterocycles. The van der Waals surface area contributed by atoms with E-state index in [1.54, 1.807) is 26.0 Å². The van der Waals surface area contributed by atoms with Gasteiger partial charge in [-0.2, -0.15) is 0 Å². The van der Waals surface area contributed by atoms with Gasteiger partial charge in [0.1, 0.15) is 5.82 Å². The van der Waals surface area contributed by atoms with Crippen LogP contribution in [-0.4, -0.2) is 13.4 Å². The van der Waals surface area contributed by atoms with Gasteiger partial charge in [-0.1, -0.05) is 0 Å². The smallest absolute Gasteiger partial charge is 0.262 e. The molecule has 0 radical (unpaired) electrons. The summed E-state index contributed by atoms with van der Waals surface area (Å²) < 4.78 is 40.0. The SMILES string of the molecule is Cc1ccc(NS(=O)(=O)c2cc(N)cc(F)c2)c(C)n1. The molecule has 0 saturated heterocycles. The molecule has 1 aromatic heterocycles. The number of nitrogens with one attached hydrogen (secondary N) is 1. The predicted octanol–water partition coefficient (Wildman–Crippen LogP) is 2.22. The first-order valence-corrected chi connectivity index (χ1v) is 7.29. The van der Waals surface area contributed by atoms with E-state index in [0.29, 0.717) is 11.4 Å². The minimum Gasteiger partial charge on any atom is -0.399 e. The van der Waals surface area contributed by atoms with Crippen molar-refractivity contribution in [3.63, 3.8) is 0 Å². The number of sulfonamides is 1. The molecule has 106 valence electrons. The molecular formula is C13H14FN3O2S. The van der Waals surface area contributed by atoms with Crippen LogP contribution in [0.5, 0.6) is 0 Å². The van der Waals surface area contributed by atoms with Crippen molar-refractivity contribution in [2.45, 2.75) is 18.7 Å². The molecule has 1 aromatic carbocycles. The van der Waals surface area contributed by atoms with E-state index < -0.39 is 15.8 Å². The van der Waals surface area contributed by atoms with Crippen molar-refractivity contribution in [1.82, 2.24) is 4.98 Å². The van der Waals surface area contributed by atoms with Crippen LogP contribution in [-0.2, 0) is 10.0 Å². The van der Waals surface area contributed by atoms with Gasteiger partial charge in [-0.15, -0.1) is 0 Å². The number of benzene rings is 1. The Labute approximate surface area is 116 Å². The molecule has 0 aliphatic rings. The Kier molecular flexibility index (Phi) is 3.63. The number of anilines is 2. The minimum absolute atomic E-state index is 0.0455. The number of rotatable bonds is 3. The maximum absolute atomic E-state index is 13.2. The fourth-order valence-electron chi connectivity index (χ4n) is 1.74. The Morgan fingerprint density at radius 2 is 1.90 bits per heavy atom. The summed E-state index contributed by atoms with van der Waals surface area (Å²) in [7, 11) is -3.90. The number of hydrogen-bond acceptors (Lipinski definition) is 4. The van der Waals surface area contributed by atoms with E-state index in [1.165, 1.54) is 6.07 Å². The number of aryl methyl sites for hydroxylation is 2. The van der Waals surface area contributed by atoms with Gasteiger partial charge in [-0.25, -0.2) is 12.8 Å². The van der Waals surface area contributed by atoms with Crippen molar-refractivity contribution >= 4 is 21.4 Å².